The van der Waals surface area contributed by atoms with Gasteiger partial charge in [-0.15, -0.1) is 11.3 Å². The molecule has 0 saturated carbocycles. The Kier molecular flexibility index (Phi) is 5.12. The Morgan fingerprint density at radius 2 is 1.44 bits per heavy atom. The minimum Gasteiger partial charge on any atom is -0.456 e. The Morgan fingerprint density at radius 3 is 2.33 bits per heavy atom. The lowest BCUT2D eigenvalue weighted by Crippen LogP contribution is -2.09. The van der Waals surface area contributed by atoms with Gasteiger partial charge in [0.05, 0.1) is 15.7 Å². The summed E-state index contributed by atoms with van der Waals surface area (Å²) in [4.78, 5) is 6.83. The van der Waals surface area contributed by atoms with Crippen LogP contribution in [0.3, 0.4) is 0 Å². The Balaban J connectivity index is 1.48. The van der Waals surface area contributed by atoms with Gasteiger partial charge in [0.25, 0.3) is 0 Å². The van der Waals surface area contributed by atoms with Crippen LogP contribution in [0, 0.1) is 0 Å². The van der Waals surface area contributed by atoms with E-state index in [1.54, 1.807) is 11.3 Å². The molecule has 0 aliphatic heterocycles. The SMILES string of the molecule is Brc1ccccc1-c1cccc2oc3ccc(N(c4ccccc4)c4ccc5scnc5c4)cc3c12. The summed E-state index contributed by atoms with van der Waals surface area (Å²) in [6.45, 7) is 0. The molecule has 7 aromatic rings. The van der Waals surface area contributed by atoms with E-state index in [-0.39, 0.29) is 0 Å². The largest absolute Gasteiger partial charge is 0.456 e. The summed E-state index contributed by atoms with van der Waals surface area (Å²) in [7, 11) is 0. The number of fused-ring (bicyclic) bond motifs is 4. The van der Waals surface area contributed by atoms with Crippen molar-refractivity contribution in [1.29, 1.82) is 0 Å². The summed E-state index contributed by atoms with van der Waals surface area (Å²) in [6, 6.07) is 37.9. The molecule has 0 amide bonds. The van der Waals surface area contributed by atoms with Crippen LogP contribution >= 0.6 is 27.3 Å². The maximum atomic E-state index is 6.31. The molecule has 0 aliphatic rings. The van der Waals surface area contributed by atoms with E-state index >= 15 is 0 Å². The van der Waals surface area contributed by atoms with E-state index in [9.17, 15) is 0 Å². The standard InChI is InChI=1S/C31H19BrN2OS/c32-26-11-5-4-9-23(26)24-10-6-12-29-31(24)25-17-21(13-15-28(25)35-29)34(20-7-2-1-3-8-20)22-14-16-30-27(18-22)33-19-36-30/h1-19H. The minimum absolute atomic E-state index is 0.871. The maximum Gasteiger partial charge on any atom is 0.136 e. The number of anilines is 3. The van der Waals surface area contributed by atoms with Crippen molar-refractivity contribution in [3.05, 3.63) is 119 Å². The van der Waals surface area contributed by atoms with Gasteiger partial charge in [0, 0.05) is 32.3 Å². The summed E-state index contributed by atoms with van der Waals surface area (Å²) < 4.78 is 8.55. The normalized spacial score (nSPS) is 11.5. The van der Waals surface area contributed by atoms with E-state index < -0.39 is 0 Å². The summed E-state index contributed by atoms with van der Waals surface area (Å²) >= 11 is 5.40. The predicted molar refractivity (Wildman–Crippen MR) is 155 cm³/mol. The Labute approximate surface area is 220 Å². The third kappa shape index (κ3) is 3.51. The van der Waals surface area contributed by atoms with Crippen molar-refractivity contribution in [2.24, 2.45) is 0 Å². The minimum atomic E-state index is 0.871. The zero-order chi connectivity index (χ0) is 24.1. The summed E-state index contributed by atoms with van der Waals surface area (Å²) in [5.74, 6) is 0. The van der Waals surface area contributed by atoms with Gasteiger partial charge in [-0.3, -0.25) is 0 Å². The zero-order valence-electron chi connectivity index (χ0n) is 19.1. The Morgan fingerprint density at radius 1 is 0.667 bits per heavy atom. The second kappa shape index (κ2) is 8.63. The monoisotopic (exact) mass is 546 g/mol. The highest BCUT2D eigenvalue weighted by atomic mass is 79.9. The maximum absolute atomic E-state index is 6.31. The third-order valence-electron chi connectivity index (χ3n) is 6.49. The molecule has 0 N–H and O–H groups in total. The molecule has 36 heavy (non-hydrogen) atoms. The molecule has 0 fully saturated rings. The Hall–Kier alpha value is -3.93. The van der Waals surface area contributed by atoms with Crippen LogP contribution in [0.2, 0.25) is 0 Å². The number of hydrogen-bond donors (Lipinski definition) is 0. The van der Waals surface area contributed by atoms with Crippen LogP contribution in [0.15, 0.2) is 124 Å². The third-order valence-corrected chi connectivity index (χ3v) is 7.99. The molecular weight excluding hydrogens is 528 g/mol. The molecule has 2 aromatic heterocycles. The molecule has 172 valence electrons. The number of halogens is 1. The average Bonchev–Trinajstić information content (AvgIpc) is 3.54. The van der Waals surface area contributed by atoms with Gasteiger partial charge in [-0.1, -0.05) is 64.5 Å². The van der Waals surface area contributed by atoms with Crippen molar-refractivity contribution >= 4 is 76.5 Å². The molecule has 0 bridgehead atoms. The summed E-state index contributed by atoms with van der Waals surface area (Å²) in [5.41, 5.74) is 10.2. The second-order valence-electron chi connectivity index (χ2n) is 8.62. The average molecular weight is 547 g/mol. The molecule has 7 rings (SSSR count). The van der Waals surface area contributed by atoms with Crippen LogP contribution < -0.4 is 4.90 Å². The molecule has 5 heteroatoms. The molecule has 5 aromatic carbocycles. The molecule has 3 nitrogen and oxygen atoms in total. The van der Waals surface area contributed by atoms with E-state index in [2.05, 4.69) is 117 Å². The predicted octanol–water partition coefficient (Wildman–Crippen LogP) is 10.1. The van der Waals surface area contributed by atoms with Crippen molar-refractivity contribution in [3.8, 4) is 11.1 Å². The van der Waals surface area contributed by atoms with Gasteiger partial charge in [-0.25, -0.2) is 4.98 Å². The van der Waals surface area contributed by atoms with Crippen molar-refractivity contribution in [1.82, 2.24) is 4.98 Å². The molecule has 0 saturated heterocycles. The summed E-state index contributed by atoms with van der Waals surface area (Å²) in [5, 5.41) is 2.20. The first kappa shape index (κ1) is 21.4. The van der Waals surface area contributed by atoms with E-state index in [0.717, 1.165) is 60.1 Å². The Bertz CT molecular complexity index is 1870. The van der Waals surface area contributed by atoms with Gasteiger partial charge < -0.3 is 9.32 Å². The number of rotatable bonds is 4. The fraction of sp³-hybridized carbons (Fsp3) is 0. The number of benzene rings is 5. The van der Waals surface area contributed by atoms with Gasteiger partial charge in [-0.2, -0.15) is 0 Å². The number of para-hydroxylation sites is 1. The van der Waals surface area contributed by atoms with Crippen LogP contribution in [0.5, 0.6) is 0 Å². The fourth-order valence-corrected chi connectivity index (χ4v) is 6.02. The quantitative estimate of drug-likeness (QED) is 0.220. The van der Waals surface area contributed by atoms with E-state index in [1.807, 2.05) is 23.7 Å². The van der Waals surface area contributed by atoms with Crippen molar-refractivity contribution < 1.29 is 4.42 Å². The van der Waals surface area contributed by atoms with Crippen LogP contribution in [-0.4, -0.2) is 4.98 Å². The topological polar surface area (TPSA) is 29.3 Å². The molecule has 0 spiro atoms. The molecular formula is C31H19BrN2OS. The van der Waals surface area contributed by atoms with Crippen LogP contribution in [-0.2, 0) is 0 Å². The van der Waals surface area contributed by atoms with Crippen molar-refractivity contribution in [2.75, 3.05) is 4.90 Å². The van der Waals surface area contributed by atoms with Gasteiger partial charge in [-0.05, 0) is 71.8 Å². The number of thiazole rings is 1. The van der Waals surface area contributed by atoms with Crippen LogP contribution in [0.1, 0.15) is 0 Å². The fourth-order valence-electron chi connectivity index (χ4n) is 4.87. The highest BCUT2D eigenvalue weighted by molar-refractivity contribution is 9.10. The number of nitrogens with zero attached hydrogens (tertiary/aromatic N) is 2. The first-order valence-corrected chi connectivity index (χ1v) is 13.3. The first-order chi connectivity index (χ1) is 17.8. The number of aromatic nitrogens is 1. The highest BCUT2D eigenvalue weighted by Crippen LogP contribution is 2.43. The van der Waals surface area contributed by atoms with Crippen molar-refractivity contribution in [3.63, 3.8) is 0 Å². The van der Waals surface area contributed by atoms with E-state index in [0.29, 0.717) is 0 Å². The van der Waals surface area contributed by atoms with Crippen LogP contribution in [0.25, 0.3) is 43.3 Å². The molecule has 0 atom stereocenters. The van der Waals surface area contributed by atoms with Gasteiger partial charge in [0.15, 0.2) is 0 Å². The first-order valence-electron chi connectivity index (χ1n) is 11.6. The van der Waals surface area contributed by atoms with Crippen LogP contribution in [0.4, 0.5) is 17.1 Å². The number of furan rings is 1. The molecule has 0 unspecified atom stereocenters. The zero-order valence-corrected chi connectivity index (χ0v) is 21.5. The molecule has 2 heterocycles. The van der Waals surface area contributed by atoms with Gasteiger partial charge in [0.2, 0.25) is 0 Å². The second-order valence-corrected chi connectivity index (χ2v) is 10.4. The lowest BCUT2D eigenvalue weighted by Gasteiger charge is -2.25. The van der Waals surface area contributed by atoms with Gasteiger partial charge >= 0.3 is 0 Å². The van der Waals surface area contributed by atoms with E-state index in [4.69, 9.17) is 4.42 Å². The lowest BCUT2D eigenvalue weighted by molar-refractivity contribution is 0.669. The molecule has 0 radical (unpaired) electrons. The van der Waals surface area contributed by atoms with E-state index in [1.165, 1.54) is 4.70 Å². The molecule has 0 aliphatic carbocycles. The van der Waals surface area contributed by atoms with Gasteiger partial charge in [0.1, 0.15) is 11.2 Å². The lowest BCUT2D eigenvalue weighted by atomic mass is 9.99. The highest BCUT2D eigenvalue weighted by Gasteiger charge is 2.18. The smallest absolute Gasteiger partial charge is 0.136 e. The number of hydrogen-bond acceptors (Lipinski definition) is 4. The summed E-state index contributed by atoms with van der Waals surface area (Å²) in [6.07, 6.45) is 0. The van der Waals surface area contributed by atoms with Crippen molar-refractivity contribution in [2.45, 2.75) is 0 Å².